The number of nitrogens with zero attached hydrogens (tertiary/aromatic N) is 3. The van der Waals surface area contributed by atoms with Gasteiger partial charge in [-0.2, -0.15) is 4.99 Å². The molecule has 10 heteroatoms. The molecule has 5 rings (SSSR count). The molecule has 0 bridgehead atoms. The van der Waals surface area contributed by atoms with E-state index in [1.54, 1.807) is 32.7 Å². The molecule has 3 aliphatic rings. The Hall–Kier alpha value is -3.86. The topological polar surface area (TPSA) is 110 Å². The third-order valence-corrected chi connectivity index (χ3v) is 6.97. The Balaban J connectivity index is 1.60. The highest BCUT2D eigenvalue weighted by atomic mass is 19.1. The quantitative estimate of drug-likeness (QED) is 0.478. The highest BCUT2D eigenvalue weighted by molar-refractivity contribution is 6.01. The minimum atomic E-state index is -0.690. The lowest BCUT2D eigenvalue weighted by Gasteiger charge is -2.33. The standard InChI is InChI=1S/C27H29FN6O3/c1-36-20-7-5-18(24(13-20)37-2)15-32-34-11-10-31-16-23(34)25(19-4-3-9-30-14-19)33-27(34)21-8-6-17(26(29)35)12-22(21)28/h5-8,10-13,16,19,30,32H,3-4,9,14-15H2,1-2H3,(H-,29,35)/p+1/t19-,34?/m1/s1. The number of halogens is 1. The van der Waals surface area contributed by atoms with Crippen LogP contribution in [0.1, 0.15) is 34.3 Å². The molecule has 9 nitrogen and oxygen atoms in total. The van der Waals surface area contributed by atoms with E-state index in [9.17, 15) is 4.79 Å². The summed E-state index contributed by atoms with van der Waals surface area (Å²) in [6.45, 7) is 2.12. The lowest BCUT2D eigenvalue weighted by molar-refractivity contribution is -0.791. The molecule has 2 aromatic carbocycles. The van der Waals surface area contributed by atoms with E-state index < -0.39 is 11.7 Å². The summed E-state index contributed by atoms with van der Waals surface area (Å²) in [5.74, 6) is 0.697. The Kier molecular flexibility index (Phi) is 6.88. The second-order valence-corrected chi connectivity index (χ2v) is 9.12. The van der Waals surface area contributed by atoms with Crippen molar-refractivity contribution in [2.45, 2.75) is 19.4 Å². The molecule has 2 aromatic rings. The Morgan fingerprint density at radius 1 is 1.24 bits per heavy atom. The van der Waals surface area contributed by atoms with E-state index in [4.69, 9.17) is 20.2 Å². The van der Waals surface area contributed by atoms with Gasteiger partial charge in [-0.1, -0.05) is 6.07 Å². The van der Waals surface area contributed by atoms with Crippen molar-refractivity contribution >= 4 is 18.0 Å². The Morgan fingerprint density at radius 3 is 2.81 bits per heavy atom. The smallest absolute Gasteiger partial charge is 0.268 e. The fourth-order valence-corrected chi connectivity index (χ4v) is 5.01. The van der Waals surface area contributed by atoms with Crippen molar-refractivity contribution < 1.29 is 23.3 Å². The van der Waals surface area contributed by atoms with Crippen LogP contribution in [0.2, 0.25) is 0 Å². The van der Waals surface area contributed by atoms with Gasteiger partial charge in [0, 0.05) is 29.7 Å². The van der Waals surface area contributed by atoms with E-state index in [2.05, 4.69) is 15.7 Å². The van der Waals surface area contributed by atoms with Gasteiger partial charge in [-0.05, 0) is 43.7 Å². The second kappa shape index (κ2) is 10.3. The summed E-state index contributed by atoms with van der Waals surface area (Å²) in [5.41, 5.74) is 11.9. The second-order valence-electron chi connectivity index (χ2n) is 9.12. The van der Waals surface area contributed by atoms with E-state index in [1.165, 1.54) is 6.07 Å². The van der Waals surface area contributed by atoms with Crippen LogP contribution < -0.4 is 25.9 Å². The third kappa shape index (κ3) is 4.55. The number of primary amides is 1. The number of amidine groups is 1. The zero-order chi connectivity index (χ0) is 26.0. The van der Waals surface area contributed by atoms with Gasteiger partial charge in [-0.25, -0.2) is 4.39 Å². The fourth-order valence-electron chi connectivity index (χ4n) is 5.01. The molecule has 2 atom stereocenters. The van der Waals surface area contributed by atoms with Crippen LogP contribution in [0, 0.1) is 11.7 Å². The maximum atomic E-state index is 15.5. The average Bonchev–Trinajstić information content (AvgIpc) is 3.27. The average molecular weight is 506 g/mol. The van der Waals surface area contributed by atoms with Crippen LogP contribution in [0.25, 0.3) is 0 Å². The molecule has 0 radical (unpaired) electrons. The first-order valence-corrected chi connectivity index (χ1v) is 12.2. The van der Waals surface area contributed by atoms with Crippen LogP contribution in [0.5, 0.6) is 11.5 Å². The van der Waals surface area contributed by atoms with Gasteiger partial charge in [-0.15, -0.1) is 10.0 Å². The predicted molar refractivity (Wildman–Crippen MR) is 138 cm³/mol. The summed E-state index contributed by atoms with van der Waals surface area (Å²) in [6, 6.07) is 9.85. The van der Waals surface area contributed by atoms with Crippen LogP contribution in [0.3, 0.4) is 0 Å². The Bertz CT molecular complexity index is 1350. The number of piperidine rings is 1. The number of nitrogens with one attached hydrogen (secondary N) is 2. The summed E-state index contributed by atoms with van der Waals surface area (Å²) < 4.78 is 26.4. The van der Waals surface area contributed by atoms with Gasteiger partial charge < -0.3 is 20.5 Å². The summed E-state index contributed by atoms with van der Waals surface area (Å²) in [6.07, 6.45) is 7.31. The normalized spacial score (nSPS) is 22.6. The molecular formula is C27H30FN6O3+. The molecule has 192 valence electrons. The molecule has 0 aliphatic carbocycles. The van der Waals surface area contributed by atoms with Gasteiger partial charge in [-0.3, -0.25) is 9.79 Å². The number of allylic oxidation sites excluding steroid dienone is 1. The van der Waals surface area contributed by atoms with Crippen LogP contribution in [0.4, 0.5) is 4.39 Å². The Morgan fingerprint density at radius 2 is 2.11 bits per heavy atom. The number of carbonyl (C=O) groups is 1. The number of hydrogen-bond acceptors (Lipinski definition) is 7. The molecule has 4 N–H and O–H groups in total. The van der Waals surface area contributed by atoms with E-state index in [0.29, 0.717) is 23.9 Å². The van der Waals surface area contributed by atoms with Crippen LogP contribution in [-0.4, -0.2) is 49.9 Å². The van der Waals surface area contributed by atoms with Gasteiger partial charge in [0.25, 0.3) is 5.84 Å². The van der Waals surface area contributed by atoms with Crippen molar-refractivity contribution in [1.29, 1.82) is 0 Å². The summed E-state index contributed by atoms with van der Waals surface area (Å²) in [5, 5.41) is 3.44. The van der Waals surface area contributed by atoms with Crippen LogP contribution in [0.15, 0.2) is 70.2 Å². The lowest BCUT2D eigenvalue weighted by Crippen LogP contribution is -2.56. The first kappa shape index (κ1) is 24.8. The molecule has 0 spiro atoms. The van der Waals surface area contributed by atoms with Gasteiger partial charge in [0.15, 0.2) is 0 Å². The number of amides is 1. The summed E-state index contributed by atoms with van der Waals surface area (Å²) >= 11 is 0. The maximum absolute atomic E-state index is 15.5. The van der Waals surface area contributed by atoms with E-state index >= 15 is 4.39 Å². The first-order valence-electron chi connectivity index (χ1n) is 12.2. The van der Waals surface area contributed by atoms with E-state index in [0.717, 1.165) is 49.0 Å². The zero-order valence-electron chi connectivity index (χ0n) is 20.8. The van der Waals surface area contributed by atoms with Crippen molar-refractivity contribution in [2.24, 2.45) is 21.6 Å². The van der Waals surface area contributed by atoms with Crippen molar-refractivity contribution in [3.05, 3.63) is 82.7 Å². The van der Waals surface area contributed by atoms with E-state index in [-0.39, 0.29) is 21.6 Å². The van der Waals surface area contributed by atoms with Crippen LogP contribution >= 0.6 is 0 Å². The Labute approximate surface area is 214 Å². The van der Waals surface area contributed by atoms with Gasteiger partial charge in [0.05, 0.1) is 38.7 Å². The van der Waals surface area contributed by atoms with Crippen LogP contribution in [-0.2, 0) is 6.54 Å². The largest absolute Gasteiger partial charge is 0.497 e. The number of quaternary nitrogens is 1. The lowest BCUT2D eigenvalue weighted by atomic mass is 9.95. The zero-order valence-corrected chi connectivity index (χ0v) is 20.8. The number of benzene rings is 2. The highest BCUT2D eigenvalue weighted by Gasteiger charge is 2.49. The molecule has 37 heavy (non-hydrogen) atoms. The molecule has 0 aromatic heterocycles. The number of aliphatic imine (C=N–C) groups is 2. The molecule has 1 saturated heterocycles. The molecule has 1 fully saturated rings. The molecule has 1 unspecified atom stereocenters. The molecular weight excluding hydrogens is 475 g/mol. The fraction of sp³-hybridized carbons (Fsp3) is 0.296. The van der Waals surface area contributed by atoms with Gasteiger partial charge in [0.1, 0.15) is 29.2 Å². The van der Waals surface area contributed by atoms with Crippen molar-refractivity contribution in [2.75, 3.05) is 27.3 Å². The van der Waals surface area contributed by atoms with Crippen molar-refractivity contribution in [3.63, 3.8) is 0 Å². The predicted octanol–water partition coefficient (Wildman–Crippen LogP) is 2.99. The minimum Gasteiger partial charge on any atom is -0.497 e. The summed E-state index contributed by atoms with van der Waals surface area (Å²) in [7, 11) is 3.21. The number of fused-ring (bicyclic) bond motifs is 1. The number of hydrogen-bond donors (Lipinski definition) is 3. The number of ether oxygens (including phenoxy) is 2. The number of methoxy groups -OCH3 is 2. The van der Waals surface area contributed by atoms with Crippen molar-refractivity contribution in [1.82, 2.24) is 10.7 Å². The highest BCUT2D eigenvalue weighted by Crippen LogP contribution is 2.39. The monoisotopic (exact) mass is 505 g/mol. The summed E-state index contributed by atoms with van der Waals surface area (Å²) in [4.78, 5) is 21.1. The molecule has 1 amide bonds. The molecule has 3 aliphatic heterocycles. The number of carbonyl (C=O) groups excluding carboxylic acids is 1. The van der Waals surface area contributed by atoms with E-state index in [1.807, 2.05) is 24.4 Å². The van der Waals surface area contributed by atoms with Crippen molar-refractivity contribution in [3.8, 4) is 11.5 Å². The van der Waals surface area contributed by atoms with Gasteiger partial charge in [0.2, 0.25) is 11.6 Å². The maximum Gasteiger partial charge on any atom is 0.268 e. The van der Waals surface area contributed by atoms with Gasteiger partial charge >= 0.3 is 0 Å². The third-order valence-electron chi connectivity index (χ3n) is 6.97. The number of nitrogens with two attached hydrogens (primary N) is 1. The molecule has 0 saturated carbocycles. The SMILES string of the molecule is COc1ccc(CN[N+]23C=CN=CC2=C([C@@H]2CCCNC2)N=C3c2ccc(C(N)=O)cc2F)c(OC)c1. The number of rotatable bonds is 8. The first-order chi connectivity index (χ1) is 18.0. The minimum absolute atomic E-state index is 0.0304. The molecule has 3 heterocycles.